The average Bonchev–Trinajstić information content (AvgIpc) is 2.45. The third-order valence-electron chi connectivity index (χ3n) is 3.27. The maximum Gasteiger partial charge on any atom is 0.416 e. The third kappa shape index (κ3) is 3.33. The molecule has 8 heteroatoms. The molecule has 1 saturated heterocycles. The first-order valence-corrected chi connectivity index (χ1v) is 6.29. The van der Waals surface area contributed by atoms with E-state index in [9.17, 15) is 22.8 Å². The van der Waals surface area contributed by atoms with E-state index in [0.717, 1.165) is 18.2 Å². The van der Waals surface area contributed by atoms with Crippen LogP contribution in [0.4, 0.5) is 13.2 Å². The highest BCUT2D eigenvalue weighted by Crippen LogP contribution is 2.29. The highest BCUT2D eigenvalue weighted by Gasteiger charge is 2.34. The molecule has 1 aliphatic heterocycles. The van der Waals surface area contributed by atoms with Crippen LogP contribution in [0, 0.1) is 0 Å². The highest BCUT2D eigenvalue weighted by atomic mass is 19.4. The van der Waals surface area contributed by atoms with Crippen molar-refractivity contribution in [2.24, 2.45) is 5.73 Å². The normalized spacial score (nSPS) is 19.4. The summed E-state index contributed by atoms with van der Waals surface area (Å²) in [5, 5.41) is 2.91. The van der Waals surface area contributed by atoms with Gasteiger partial charge in [-0.05, 0) is 18.2 Å². The summed E-state index contributed by atoms with van der Waals surface area (Å²) in [6.45, 7) is 0.858. The second-order valence-electron chi connectivity index (χ2n) is 4.70. The molecule has 5 nitrogen and oxygen atoms in total. The molecular weight excluding hydrogens is 287 g/mol. The molecule has 0 aliphatic carbocycles. The lowest BCUT2D eigenvalue weighted by atomic mass is 10.1. The molecule has 1 atom stereocenters. The van der Waals surface area contributed by atoms with Crippen molar-refractivity contribution in [2.45, 2.75) is 12.2 Å². The molecule has 1 heterocycles. The molecular formula is C13H14F3N3O2. The van der Waals surface area contributed by atoms with Crippen LogP contribution in [0.25, 0.3) is 0 Å². The SMILES string of the molecule is NC(=O)C1CNCCN1C(=O)c1cccc(C(F)(F)F)c1. The molecule has 0 bridgehead atoms. The number of halogens is 3. The van der Waals surface area contributed by atoms with Crippen LogP contribution in [0.2, 0.25) is 0 Å². The minimum absolute atomic E-state index is 0.113. The van der Waals surface area contributed by atoms with Crippen molar-refractivity contribution in [3.63, 3.8) is 0 Å². The zero-order valence-corrected chi connectivity index (χ0v) is 11.0. The third-order valence-corrected chi connectivity index (χ3v) is 3.27. The first-order chi connectivity index (χ1) is 9.80. The van der Waals surface area contributed by atoms with E-state index >= 15 is 0 Å². The van der Waals surface area contributed by atoms with E-state index in [4.69, 9.17) is 5.73 Å². The zero-order valence-electron chi connectivity index (χ0n) is 11.0. The van der Waals surface area contributed by atoms with E-state index in [-0.39, 0.29) is 18.7 Å². The van der Waals surface area contributed by atoms with Crippen LogP contribution in [-0.4, -0.2) is 42.4 Å². The second-order valence-corrected chi connectivity index (χ2v) is 4.70. The summed E-state index contributed by atoms with van der Waals surface area (Å²) in [6.07, 6.45) is -4.52. The maximum atomic E-state index is 12.7. The molecule has 2 rings (SSSR count). The molecule has 1 aromatic rings. The van der Waals surface area contributed by atoms with Gasteiger partial charge in [0.05, 0.1) is 5.56 Å². The predicted molar refractivity (Wildman–Crippen MR) is 68.3 cm³/mol. The Morgan fingerprint density at radius 2 is 2.05 bits per heavy atom. The van der Waals surface area contributed by atoms with Crippen LogP contribution in [0.15, 0.2) is 24.3 Å². The van der Waals surface area contributed by atoms with Crippen LogP contribution in [-0.2, 0) is 11.0 Å². The van der Waals surface area contributed by atoms with Crippen LogP contribution in [0.3, 0.4) is 0 Å². The number of carbonyl (C=O) groups is 2. The number of rotatable bonds is 2. The summed E-state index contributed by atoms with van der Waals surface area (Å²) < 4.78 is 38.0. The van der Waals surface area contributed by atoms with Gasteiger partial charge in [0.1, 0.15) is 6.04 Å². The molecule has 0 spiro atoms. The summed E-state index contributed by atoms with van der Waals surface area (Å²) in [7, 11) is 0. The molecule has 0 saturated carbocycles. The highest BCUT2D eigenvalue weighted by molar-refractivity contribution is 5.97. The number of benzene rings is 1. The number of nitrogens with two attached hydrogens (primary N) is 1. The van der Waals surface area contributed by atoms with Crippen LogP contribution >= 0.6 is 0 Å². The Bertz CT molecular complexity index is 560. The smallest absolute Gasteiger partial charge is 0.368 e. The van der Waals surface area contributed by atoms with Gasteiger partial charge in [0.2, 0.25) is 5.91 Å². The lowest BCUT2D eigenvalue weighted by Gasteiger charge is -2.34. The topological polar surface area (TPSA) is 75.4 Å². The Hall–Kier alpha value is -2.09. The lowest BCUT2D eigenvalue weighted by Crippen LogP contribution is -2.58. The molecule has 3 N–H and O–H groups in total. The van der Waals surface area contributed by atoms with E-state index in [1.807, 2.05) is 0 Å². The van der Waals surface area contributed by atoms with Gasteiger partial charge in [0, 0.05) is 25.2 Å². The summed E-state index contributed by atoms with van der Waals surface area (Å²) in [5.74, 6) is -1.33. The number of amides is 2. The van der Waals surface area contributed by atoms with Crippen molar-refractivity contribution < 1.29 is 22.8 Å². The van der Waals surface area contributed by atoms with Crippen LogP contribution < -0.4 is 11.1 Å². The van der Waals surface area contributed by atoms with Crippen molar-refractivity contribution in [3.05, 3.63) is 35.4 Å². The quantitative estimate of drug-likeness (QED) is 0.840. The number of nitrogens with zero attached hydrogens (tertiary/aromatic N) is 1. The van der Waals surface area contributed by atoms with Crippen molar-refractivity contribution in [1.82, 2.24) is 10.2 Å². The van der Waals surface area contributed by atoms with Crippen molar-refractivity contribution in [2.75, 3.05) is 19.6 Å². The largest absolute Gasteiger partial charge is 0.416 e. The molecule has 0 radical (unpaired) electrons. The minimum atomic E-state index is -4.52. The Balaban J connectivity index is 2.28. The molecule has 0 aromatic heterocycles. The molecule has 114 valence electrons. The number of alkyl halides is 3. The number of primary amides is 1. The first-order valence-electron chi connectivity index (χ1n) is 6.29. The summed E-state index contributed by atoms with van der Waals surface area (Å²) in [6, 6.07) is 3.26. The zero-order chi connectivity index (χ0) is 15.6. The van der Waals surface area contributed by atoms with Gasteiger partial charge >= 0.3 is 6.18 Å². The van der Waals surface area contributed by atoms with Gasteiger partial charge in [0.25, 0.3) is 5.91 Å². The molecule has 1 aromatic carbocycles. The predicted octanol–water partition coefficient (Wildman–Crippen LogP) is 0.605. The molecule has 2 amide bonds. The summed E-state index contributed by atoms with van der Waals surface area (Å²) in [4.78, 5) is 24.9. The molecule has 1 fully saturated rings. The van der Waals surface area contributed by atoms with E-state index in [1.54, 1.807) is 0 Å². The van der Waals surface area contributed by atoms with Crippen molar-refractivity contribution in [1.29, 1.82) is 0 Å². The number of hydrogen-bond acceptors (Lipinski definition) is 3. The van der Waals surface area contributed by atoms with Gasteiger partial charge in [0.15, 0.2) is 0 Å². The van der Waals surface area contributed by atoms with E-state index in [0.29, 0.717) is 6.54 Å². The van der Waals surface area contributed by atoms with Crippen LogP contribution in [0.5, 0.6) is 0 Å². The fourth-order valence-electron chi connectivity index (χ4n) is 2.20. The van der Waals surface area contributed by atoms with Gasteiger partial charge in [-0.2, -0.15) is 13.2 Å². The fourth-order valence-corrected chi connectivity index (χ4v) is 2.20. The Morgan fingerprint density at radius 1 is 1.33 bits per heavy atom. The average molecular weight is 301 g/mol. The van der Waals surface area contributed by atoms with Gasteiger partial charge in [-0.3, -0.25) is 9.59 Å². The van der Waals surface area contributed by atoms with E-state index in [2.05, 4.69) is 5.32 Å². The number of carbonyl (C=O) groups excluding carboxylic acids is 2. The monoisotopic (exact) mass is 301 g/mol. The maximum absolute atomic E-state index is 12.7. The lowest BCUT2D eigenvalue weighted by molar-refractivity contribution is -0.137. The van der Waals surface area contributed by atoms with Crippen LogP contribution in [0.1, 0.15) is 15.9 Å². The Kier molecular flexibility index (Phi) is 4.17. The minimum Gasteiger partial charge on any atom is -0.368 e. The number of hydrogen-bond donors (Lipinski definition) is 2. The van der Waals surface area contributed by atoms with E-state index < -0.39 is 29.6 Å². The molecule has 1 aliphatic rings. The second kappa shape index (κ2) is 5.72. The fraction of sp³-hybridized carbons (Fsp3) is 0.385. The van der Waals surface area contributed by atoms with E-state index in [1.165, 1.54) is 11.0 Å². The molecule has 1 unspecified atom stereocenters. The van der Waals surface area contributed by atoms with Gasteiger partial charge in [-0.25, -0.2) is 0 Å². The van der Waals surface area contributed by atoms with Gasteiger partial charge in [-0.15, -0.1) is 0 Å². The number of piperazine rings is 1. The van der Waals surface area contributed by atoms with Crippen molar-refractivity contribution in [3.8, 4) is 0 Å². The first kappa shape index (κ1) is 15.3. The Morgan fingerprint density at radius 3 is 2.67 bits per heavy atom. The summed E-state index contributed by atoms with van der Waals surface area (Å²) >= 11 is 0. The summed E-state index contributed by atoms with van der Waals surface area (Å²) in [5.41, 5.74) is 4.20. The van der Waals surface area contributed by atoms with Crippen molar-refractivity contribution >= 4 is 11.8 Å². The van der Waals surface area contributed by atoms with Gasteiger partial charge in [-0.1, -0.05) is 6.07 Å². The standard InChI is InChI=1S/C13H14F3N3O2/c14-13(15,16)9-3-1-2-8(6-9)12(21)19-5-4-18-7-10(19)11(17)20/h1-3,6,10,18H,4-5,7H2,(H2,17,20). The Labute approximate surface area is 118 Å². The molecule has 21 heavy (non-hydrogen) atoms. The number of nitrogens with one attached hydrogen (secondary N) is 1. The van der Waals surface area contributed by atoms with Gasteiger partial charge < -0.3 is 16.0 Å².